The fourth-order valence-corrected chi connectivity index (χ4v) is 3.43. The molecule has 2 amide bonds. The van der Waals surface area contributed by atoms with Crippen molar-refractivity contribution in [3.05, 3.63) is 53.5 Å². The van der Waals surface area contributed by atoms with Crippen LogP contribution in [0.5, 0.6) is 0 Å². The average Bonchev–Trinajstić information content (AvgIpc) is 3.31. The minimum absolute atomic E-state index is 0.0305. The second kappa shape index (κ2) is 7.55. The molecule has 1 aromatic heterocycles. The van der Waals surface area contributed by atoms with Crippen molar-refractivity contribution in [3.8, 4) is 0 Å². The summed E-state index contributed by atoms with van der Waals surface area (Å²) in [7, 11) is 0. The summed E-state index contributed by atoms with van der Waals surface area (Å²) < 4.78 is 5.12. The van der Waals surface area contributed by atoms with Gasteiger partial charge in [-0.05, 0) is 56.5 Å². The van der Waals surface area contributed by atoms with E-state index in [0.717, 1.165) is 18.4 Å². The standard InChI is InChI=1S/C20H24N2O3/c1-3-22(16-7-4-5-8-16)20(24)15-11-10-14(2)17(13-15)21-19(23)18-9-6-12-25-18/h6,9-13,16H,3-5,7-8H2,1-2H3,(H,21,23). The van der Waals surface area contributed by atoms with Gasteiger partial charge in [-0.3, -0.25) is 9.59 Å². The lowest BCUT2D eigenvalue weighted by Crippen LogP contribution is -2.38. The summed E-state index contributed by atoms with van der Waals surface area (Å²) in [5.74, 6) is -0.0407. The van der Waals surface area contributed by atoms with Gasteiger partial charge < -0.3 is 14.6 Å². The second-order valence-electron chi connectivity index (χ2n) is 6.49. The number of rotatable bonds is 5. The van der Waals surface area contributed by atoms with Crippen molar-refractivity contribution in [2.24, 2.45) is 0 Å². The van der Waals surface area contributed by atoms with Crippen molar-refractivity contribution < 1.29 is 14.0 Å². The first kappa shape index (κ1) is 17.3. The molecule has 1 N–H and O–H groups in total. The molecule has 132 valence electrons. The van der Waals surface area contributed by atoms with Crippen LogP contribution in [0.1, 0.15) is 59.1 Å². The fraction of sp³-hybridized carbons (Fsp3) is 0.400. The van der Waals surface area contributed by atoms with Crippen molar-refractivity contribution >= 4 is 17.5 Å². The highest BCUT2D eigenvalue weighted by Gasteiger charge is 2.26. The summed E-state index contributed by atoms with van der Waals surface area (Å²) in [4.78, 5) is 27.1. The highest BCUT2D eigenvalue weighted by atomic mass is 16.3. The molecule has 1 aliphatic rings. The Bertz CT molecular complexity index is 746. The largest absolute Gasteiger partial charge is 0.459 e. The van der Waals surface area contributed by atoms with Gasteiger partial charge in [0.15, 0.2) is 5.76 Å². The zero-order chi connectivity index (χ0) is 17.8. The Morgan fingerprint density at radius 2 is 2.00 bits per heavy atom. The van der Waals surface area contributed by atoms with E-state index in [0.29, 0.717) is 23.8 Å². The third kappa shape index (κ3) is 3.76. The maximum Gasteiger partial charge on any atom is 0.291 e. The Morgan fingerprint density at radius 3 is 2.64 bits per heavy atom. The molecule has 25 heavy (non-hydrogen) atoms. The normalized spacial score (nSPS) is 14.5. The molecular formula is C20H24N2O3. The molecule has 0 aliphatic heterocycles. The summed E-state index contributed by atoms with van der Waals surface area (Å²) in [6, 6.07) is 9.07. The van der Waals surface area contributed by atoms with Gasteiger partial charge in [0, 0.05) is 23.8 Å². The van der Waals surface area contributed by atoms with Crippen LogP contribution >= 0.6 is 0 Å². The van der Waals surface area contributed by atoms with Crippen molar-refractivity contribution in [2.45, 2.75) is 45.6 Å². The van der Waals surface area contributed by atoms with Gasteiger partial charge in [0.05, 0.1) is 6.26 Å². The number of benzene rings is 1. The third-order valence-corrected chi connectivity index (χ3v) is 4.84. The molecule has 5 heteroatoms. The maximum absolute atomic E-state index is 12.9. The lowest BCUT2D eigenvalue weighted by Gasteiger charge is -2.28. The summed E-state index contributed by atoms with van der Waals surface area (Å²) in [6.07, 6.45) is 5.99. The molecule has 1 fully saturated rings. The van der Waals surface area contributed by atoms with Gasteiger partial charge in [0.2, 0.25) is 0 Å². The molecule has 3 rings (SSSR count). The van der Waals surface area contributed by atoms with E-state index in [1.165, 1.54) is 19.1 Å². The quantitative estimate of drug-likeness (QED) is 0.885. The summed E-state index contributed by atoms with van der Waals surface area (Å²) in [5.41, 5.74) is 2.14. The van der Waals surface area contributed by atoms with E-state index in [4.69, 9.17) is 4.42 Å². The molecule has 0 bridgehead atoms. The summed E-state index contributed by atoms with van der Waals surface area (Å²) in [5, 5.41) is 2.83. The van der Waals surface area contributed by atoms with E-state index in [9.17, 15) is 9.59 Å². The number of nitrogens with one attached hydrogen (secondary N) is 1. The Labute approximate surface area is 148 Å². The molecule has 0 unspecified atom stereocenters. The van der Waals surface area contributed by atoms with Crippen molar-refractivity contribution in [3.63, 3.8) is 0 Å². The average molecular weight is 340 g/mol. The van der Waals surface area contributed by atoms with Gasteiger partial charge in [0.25, 0.3) is 11.8 Å². The Hall–Kier alpha value is -2.56. The van der Waals surface area contributed by atoms with E-state index in [2.05, 4.69) is 5.32 Å². The van der Waals surface area contributed by atoms with Gasteiger partial charge in [-0.1, -0.05) is 18.9 Å². The minimum Gasteiger partial charge on any atom is -0.459 e. The maximum atomic E-state index is 12.9. The number of carbonyl (C=O) groups excluding carboxylic acids is 2. The zero-order valence-electron chi connectivity index (χ0n) is 14.7. The van der Waals surface area contributed by atoms with Crippen LogP contribution in [0.4, 0.5) is 5.69 Å². The van der Waals surface area contributed by atoms with Crippen LogP contribution in [0.25, 0.3) is 0 Å². The lowest BCUT2D eigenvalue weighted by molar-refractivity contribution is 0.0693. The first-order valence-electron chi connectivity index (χ1n) is 8.86. The zero-order valence-corrected chi connectivity index (χ0v) is 14.7. The molecule has 1 saturated carbocycles. The first-order valence-corrected chi connectivity index (χ1v) is 8.86. The predicted molar refractivity (Wildman–Crippen MR) is 96.8 cm³/mol. The number of hydrogen-bond donors (Lipinski definition) is 1. The highest BCUT2D eigenvalue weighted by Crippen LogP contribution is 2.26. The number of anilines is 1. The number of amides is 2. The number of aryl methyl sites for hydroxylation is 1. The van der Waals surface area contributed by atoms with E-state index < -0.39 is 0 Å². The number of furan rings is 1. The molecule has 1 aliphatic carbocycles. The number of carbonyl (C=O) groups is 2. The molecular weight excluding hydrogens is 316 g/mol. The van der Waals surface area contributed by atoms with Crippen LogP contribution in [-0.4, -0.2) is 29.3 Å². The van der Waals surface area contributed by atoms with E-state index in [1.807, 2.05) is 30.9 Å². The van der Waals surface area contributed by atoms with Crippen LogP contribution in [0.15, 0.2) is 41.0 Å². The molecule has 0 saturated heterocycles. The van der Waals surface area contributed by atoms with Gasteiger partial charge in [0.1, 0.15) is 0 Å². The topological polar surface area (TPSA) is 62.6 Å². The van der Waals surface area contributed by atoms with E-state index in [1.54, 1.807) is 18.2 Å². The molecule has 0 atom stereocenters. The highest BCUT2D eigenvalue weighted by molar-refractivity contribution is 6.04. The van der Waals surface area contributed by atoms with Gasteiger partial charge in [-0.15, -0.1) is 0 Å². The Morgan fingerprint density at radius 1 is 1.24 bits per heavy atom. The molecule has 1 aromatic carbocycles. The van der Waals surface area contributed by atoms with Crippen LogP contribution in [0, 0.1) is 6.92 Å². The monoisotopic (exact) mass is 340 g/mol. The fourth-order valence-electron chi connectivity index (χ4n) is 3.43. The molecule has 5 nitrogen and oxygen atoms in total. The molecule has 0 spiro atoms. The van der Waals surface area contributed by atoms with Crippen LogP contribution < -0.4 is 5.32 Å². The summed E-state index contributed by atoms with van der Waals surface area (Å²) in [6.45, 7) is 4.62. The van der Waals surface area contributed by atoms with Gasteiger partial charge in [-0.2, -0.15) is 0 Å². The van der Waals surface area contributed by atoms with Crippen LogP contribution in [0.2, 0.25) is 0 Å². The Balaban J connectivity index is 1.80. The molecule has 2 aromatic rings. The lowest BCUT2D eigenvalue weighted by atomic mass is 10.1. The SMILES string of the molecule is CCN(C(=O)c1ccc(C)c(NC(=O)c2ccco2)c1)C1CCCC1. The Kier molecular flexibility index (Phi) is 5.22. The van der Waals surface area contributed by atoms with Crippen molar-refractivity contribution in [2.75, 3.05) is 11.9 Å². The van der Waals surface area contributed by atoms with E-state index in [-0.39, 0.29) is 17.6 Å². The smallest absolute Gasteiger partial charge is 0.291 e. The summed E-state index contributed by atoms with van der Waals surface area (Å²) >= 11 is 0. The number of hydrogen-bond acceptors (Lipinski definition) is 3. The minimum atomic E-state index is -0.319. The van der Waals surface area contributed by atoms with E-state index >= 15 is 0 Å². The van der Waals surface area contributed by atoms with Crippen molar-refractivity contribution in [1.29, 1.82) is 0 Å². The predicted octanol–water partition coefficient (Wildman–Crippen LogP) is 4.25. The van der Waals surface area contributed by atoms with Crippen LogP contribution in [-0.2, 0) is 0 Å². The third-order valence-electron chi connectivity index (χ3n) is 4.84. The van der Waals surface area contributed by atoms with Crippen molar-refractivity contribution in [1.82, 2.24) is 4.90 Å². The number of nitrogens with zero attached hydrogens (tertiary/aromatic N) is 1. The van der Waals surface area contributed by atoms with Gasteiger partial charge in [-0.25, -0.2) is 0 Å². The molecule has 0 radical (unpaired) electrons. The first-order chi connectivity index (χ1) is 12.1. The van der Waals surface area contributed by atoms with Crippen LogP contribution in [0.3, 0.4) is 0 Å². The second-order valence-corrected chi connectivity index (χ2v) is 6.49. The molecule has 1 heterocycles. The van der Waals surface area contributed by atoms with Gasteiger partial charge >= 0.3 is 0 Å².